The van der Waals surface area contributed by atoms with Gasteiger partial charge in [-0.05, 0) is 56.5 Å². The van der Waals surface area contributed by atoms with E-state index in [1.165, 1.54) is 51.4 Å². The number of ether oxygens (including phenoxy) is 1. The SMILES string of the molecule is CCCCCCCCCCCCNC(=O)/C=C/c1ccc(-c2[nH]c(-c3ccccc3O)nc2-c2ccc(C3=NOC(C(=O)OC(C)(C)C)C3)cc2)cc1. The number of benzene rings is 3. The van der Waals surface area contributed by atoms with Crippen LogP contribution in [0, 0.1) is 0 Å². The molecule has 2 heterocycles. The Kier molecular flexibility index (Phi) is 14.0. The van der Waals surface area contributed by atoms with Crippen LogP contribution in [0.1, 0.15) is 109 Å². The van der Waals surface area contributed by atoms with Crippen LogP contribution in [0.25, 0.3) is 40.0 Å². The van der Waals surface area contributed by atoms with Gasteiger partial charge in [-0.25, -0.2) is 9.78 Å². The van der Waals surface area contributed by atoms with Gasteiger partial charge in [0.15, 0.2) is 0 Å². The lowest BCUT2D eigenvalue weighted by Gasteiger charge is -2.20. The van der Waals surface area contributed by atoms with Gasteiger partial charge in [-0.15, -0.1) is 0 Å². The van der Waals surface area contributed by atoms with Crippen LogP contribution in [0.4, 0.5) is 0 Å². The molecule has 5 rings (SSSR count). The number of H-pyrrole nitrogens is 1. The number of phenolic OH excluding ortho intramolecular Hbond substituents is 1. The molecular weight excluding hydrogens is 665 g/mol. The van der Waals surface area contributed by atoms with Crippen molar-refractivity contribution >= 4 is 23.7 Å². The van der Waals surface area contributed by atoms with Crippen molar-refractivity contribution in [1.82, 2.24) is 15.3 Å². The molecule has 0 radical (unpaired) electrons. The van der Waals surface area contributed by atoms with Gasteiger partial charge in [-0.3, -0.25) is 4.79 Å². The molecule has 0 saturated heterocycles. The monoisotopic (exact) mass is 718 g/mol. The first-order valence-electron chi connectivity index (χ1n) is 19.1. The van der Waals surface area contributed by atoms with E-state index in [2.05, 4.69) is 22.4 Å². The number of carbonyl (C=O) groups is 2. The zero-order chi connectivity index (χ0) is 37.6. The largest absolute Gasteiger partial charge is 0.507 e. The highest BCUT2D eigenvalue weighted by atomic mass is 16.7. The van der Waals surface area contributed by atoms with E-state index in [9.17, 15) is 14.7 Å². The summed E-state index contributed by atoms with van der Waals surface area (Å²) in [6.45, 7) is 8.40. The average Bonchev–Trinajstić information content (AvgIpc) is 3.82. The number of amides is 1. The summed E-state index contributed by atoms with van der Waals surface area (Å²) in [7, 11) is 0. The fourth-order valence-corrected chi connectivity index (χ4v) is 6.27. The highest BCUT2D eigenvalue weighted by Crippen LogP contribution is 2.36. The number of aromatic nitrogens is 2. The molecule has 1 amide bonds. The maximum Gasteiger partial charge on any atom is 0.351 e. The van der Waals surface area contributed by atoms with Crippen LogP contribution in [-0.4, -0.2) is 50.9 Å². The summed E-state index contributed by atoms with van der Waals surface area (Å²) in [5.74, 6) is 0.136. The van der Waals surface area contributed by atoms with Crippen molar-refractivity contribution < 1.29 is 24.3 Å². The third kappa shape index (κ3) is 11.7. The van der Waals surface area contributed by atoms with Crippen LogP contribution in [0.15, 0.2) is 84.0 Å². The average molecular weight is 719 g/mol. The van der Waals surface area contributed by atoms with Crippen LogP contribution in [0.5, 0.6) is 5.75 Å². The van der Waals surface area contributed by atoms with E-state index in [-0.39, 0.29) is 11.7 Å². The molecular formula is C44H54N4O5. The summed E-state index contributed by atoms with van der Waals surface area (Å²) in [5, 5.41) is 17.8. The number of imidazole rings is 1. The number of unbranched alkanes of at least 4 members (excludes halogenated alkanes) is 9. The van der Waals surface area contributed by atoms with Gasteiger partial charge in [-0.1, -0.05) is 131 Å². The fraction of sp³-hybridized carbons (Fsp3) is 0.409. The molecule has 0 spiro atoms. The van der Waals surface area contributed by atoms with E-state index in [1.807, 2.05) is 87.5 Å². The molecule has 280 valence electrons. The van der Waals surface area contributed by atoms with Crippen molar-refractivity contribution in [3.8, 4) is 39.7 Å². The van der Waals surface area contributed by atoms with Crippen molar-refractivity contribution in [2.45, 2.75) is 110 Å². The minimum Gasteiger partial charge on any atom is -0.507 e. The number of rotatable bonds is 18. The van der Waals surface area contributed by atoms with Crippen LogP contribution < -0.4 is 5.32 Å². The van der Waals surface area contributed by atoms with E-state index < -0.39 is 17.7 Å². The minimum atomic E-state index is -0.774. The van der Waals surface area contributed by atoms with Crippen LogP contribution >= 0.6 is 0 Å². The molecule has 0 fully saturated rings. The molecule has 9 nitrogen and oxygen atoms in total. The Morgan fingerprint density at radius 1 is 0.868 bits per heavy atom. The van der Waals surface area contributed by atoms with Crippen LogP contribution in [-0.2, 0) is 19.2 Å². The van der Waals surface area contributed by atoms with Crippen molar-refractivity contribution in [2.75, 3.05) is 6.54 Å². The van der Waals surface area contributed by atoms with E-state index in [4.69, 9.17) is 14.6 Å². The molecule has 9 heteroatoms. The first kappa shape index (κ1) is 39.0. The molecule has 3 aromatic carbocycles. The Morgan fingerprint density at radius 2 is 1.49 bits per heavy atom. The molecule has 0 bridgehead atoms. The first-order chi connectivity index (χ1) is 25.6. The molecule has 53 heavy (non-hydrogen) atoms. The summed E-state index contributed by atoms with van der Waals surface area (Å²) in [5.41, 5.74) is 5.63. The van der Waals surface area contributed by atoms with Gasteiger partial charge in [0.1, 0.15) is 17.2 Å². The second-order valence-electron chi connectivity index (χ2n) is 14.7. The highest BCUT2D eigenvalue weighted by molar-refractivity contribution is 6.04. The molecule has 1 aromatic heterocycles. The van der Waals surface area contributed by atoms with Gasteiger partial charge in [-0.2, -0.15) is 0 Å². The van der Waals surface area contributed by atoms with Gasteiger partial charge in [0.05, 0.1) is 22.7 Å². The normalized spacial score (nSPS) is 14.3. The van der Waals surface area contributed by atoms with E-state index >= 15 is 0 Å². The molecule has 1 unspecified atom stereocenters. The van der Waals surface area contributed by atoms with Gasteiger partial charge in [0, 0.05) is 30.2 Å². The summed E-state index contributed by atoms with van der Waals surface area (Å²) in [6, 6.07) is 22.8. The number of nitrogens with one attached hydrogen (secondary N) is 2. The molecule has 0 saturated carbocycles. The zero-order valence-electron chi connectivity index (χ0n) is 31.6. The summed E-state index contributed by atoms with van der Waals surface area (Å²) in [4.78, 5) is 38.8. The van der Waals surface area contributed by atoms with Gasteiger partial charge in [0.2, 0.25) is 12.0 Å². The topological polar surface area (TPSA) is 126 Å². The number of esters is 1. The molecule has 3 N–H and O–H groups in total. The quantitative estimate of drug-likeness (QED) is 0.0534. The minimum absolute atomic E-state index is 0.0906. The number of hydrogen-bond donors (Lipinski definition) is 3. The van der Waals surface area contributed by atoms with Crippen LogP contribution in [0.2, 0.25) is 0 Å². The second kappa shape index (κ2) is 19.1. The molecule has 1 atom stereocenters. The Hall–Kier alpha value is -5.18. The zero-order valence-corrected chi connectivity index (χ0v) is 31.6. The lowest BCUT2D eigenvalue weighted by Crippen LogP contribution is -2.32. The Morgan fingerprint density at radius 3 is 2.15 bits per heavy atom. The molecule has 1 aliphatic rings. The summed E-state index contributed by atoms with van der Waals surface area (Å²) >= 11 is 0. The number of para-hydroxylation sites is 1. The number of nitrogens with zero attached hydrogens (tertiary/aromatic N) is 2. The van der Waals surface area contributed by atoms with E-state index in [0.29, 0.717) is 35.8 Å². The number of phenols is 1. The van der Waals surface area contributed by atoms with Crippen molar-refractivity contribution in [1.29, 1.82) is 0 Å². The van der Waals surface area contributed by atoms with E-state index in [0.717, 1.165) is 40.8 Å². The van der Waals surface area contributed by atoms with Gasteiger partial charge in [0.25, 0.3) is 0 Å². The molecule has 1 aliphatic heterocycles. The van der Waals surface area contributed by atoms with E-state index in [1.54, 1.807) is 18.2 Å². The summed E-state index contributed by atoms with van der Waals surface area (Å²) < 4.78 is 5.47. The number of carbonyl (C=O) groups excluding carboxylic acids is 2. The van der Waals surface area contributed by atoms with Crippen molar-refractivity contribution in [3.05, 3.63) is 90.0 Å². The first-order valence-corrected chi connectivity index (χ1v) is 19.1. The van der Waals surface area contributed by atoms with Gasteiger partial charge >= 0.3 is 5.97 Å². The Bertz CT molecular complexity index is 1850. The number of aromatic hydroxyl groups is 1. The van der Waals surface area contributed by atoms with Crippen molar-refractivity contribution in [2.24, 2.45) is 5.16 Å². The Labute approximate surface area is 313 Å². The molecule has 4 aromatic rings. The predicted molar refractivity (Wildman–Crippen MR) is 212 cm³/mol. The second-order valence-corrected chi connectivity index (χ2v) is 14.7. The summed E-state index contributed by atoms with van der Waals surface area (Å²) in [6.07, 6.45) is 15.6. The number of aromatic amines is 1. The smallest absolute Gasteiger partial charge is 0.351 e. The maximum atomic E-state index is 12.5. The Balaban J connectivity index is 1.21. The highest BCUT2D eigenvalue weighted by Gasteiger charge is 2.33. The number of hydrogen-bond acceptors (Lipinski definition) is 7. The lowest BCUT2D eigenvalue weighted by molar-refractivity contribution is -0.166. The third-order valence-corrected chi connectivity index (χ3v) is 9.15. The van der Waals surface area contributed by atoms with Gasteiger partial charge < -0.3 is 25.0 Å². The fourth-order valence-electron chi connectivity index (χ4n) is 6.27. The third-order valence-electron chi connectivity index (χ3n) is 9.15. The predicted octanol–water partition coefficient (Wildman–Crippen LogP) is 10.0. The molecule has 0 aliphatic carbocycles. The maximum absolute atomic E-state index is 12.5. The van der Waals surface area contributed by atoms with Crippen molar-refractivity contribution in [3.63, 3.8) is 0 Å². The lowest BCUT2D eigenvalue weighted by atomic mass is 10.00. The number of oxime groups is 1. The standard InChI is InChI=1S/C44H54N4O5/c1-5-6-7-8-9-10-11-12-13-16-29-45-39(50)28-21-31-19-22-33(23-20-31)40-41(47-42(46-40)35-17-14-15-18-37(35)49)34-26-24-32(25-27-34)36-30-38(53-48-36)43(51)52-44(2,3)4/h14-15,17-28,38,49H,5-13,16,29-30H2,1-4H3,(H,45,50)(H,46,47)/b28-21+. The van der Waals surface area contributed by atoms with Crippen LogP contribution in [0.3, 0.4) is 0 Å².